The summed E-state index contributed by atoms with van der Waals surface area (Å²) in [7, 11) is 0. The van der Waals surface area contributed by atoms with Crippen LogP contribution in [0.4, 0.5) is 0 Å². The quantitative estimate of drug-likeness (QED) is 0.848. The first-order valence-corrected chi connectivity index (χ1v) is 8.12. The lowest BCUT2D eigenvalue weighted by molar-refractivity contribution is -0.0283. The van der Waals surface area contributed by atoms with E-state index in [1.807, 2.05) is 0 Å². The van der Waals surface area contributed by atoms with E-state index in [-0.39, 0.29) is 6.10 Å². The molecule has 112 valence electrons. The second-order valence-electron chi connectivity index (χ2n) is 6.30. The molecule has 1 fully saturated rings. The molecule has 1 heterocycles. The van der Waals surface area contributed by atoms with Crippen LogP contribution in [0.25, 0.3) is 0 Å². The molecule has 0 aromatic heterocycles. The van der Waals surface area contributed by atoms with Crippen LogP contribution in [-0.2, 0) is 11.2 Å². The largest absolute Gasteiger partial charge is 0.373 e. The maximum atomic E-state index is 6.14. The van der Waals surface area contributed by atoms with Crippen LogP contribution in [0.3, 0.4) is 0 Å². The topological polar surface area (TPSA) is 21.3 Å². The second-order valence-corrected chi connectivity index (χ2v) is 6.30. The van der Waals surface area contributed by atoms with Crippen molar-refractivity contribution in [3.63, 3.8) is 0 Å². The first-order chi connectivity index (χ1) is 9.72. The van der Waals surface area contributed by atoms with Crippen molar-refractivity contribution in [2.45, 2.75) is 46.1 Å². The Labute approximate surface area is 123 Å². The van der Waals surface area contributed by atoms with Crippen molar-refractivity contribution < 1.29 is 4.74 Å². The van der Waals surface area contributed by atoms with Crippen molar-refractivity contribution in [3.05, 3.63) is 35.4 Å². The molecule has 2 rings (SSSR count). The molecule has 0 spiro atoms. The van der Waals surface area contributed by atoms with Crippen LogP contribution < -0.4 is 5.32 Å². The minimum Gasteiger partial charge on any atom is -0.373 e. The minimum atomic E-state index is 0.277. The van der Waals surface area contributed by atoms with Crippen LogP contribution in [0.15, 0.2) is 24.3 Å². The molecular formula is C18H29NO. The standard InChI is InChI=1S/C18H29NO/c1-4-15-8-5-6-10-17(15)18-16(9-7-11-20-18)13-19-12-14(2)3/h5-6,8,10,14,16,18-19H,4,7,9,11-13H2,1-3H3. The minimum absolute atomic E-state index is 0.277. The van der Waals surface area contributed by atoms with E-state index in [0.29, 0.717) is 11.8 Å². The van der Waals surface area contributed by atoms with Gasteiger partial charge in [-0.3, -0.25) is 0 Å². The first kappa shape index (κ1) is 15.5. The molecule has 20 heavy (non-hydrogen) atoms. The van der Waals surface area contributed by atoms with Crippen LogP contribution in [0, 0.1) is 11.8 Å². The molecular weight excluding hydrogens is 246 g/mol. The Bertz CT molecular complexity index is 402. The van der Waals surface area contributed by atoms with Crippen molar-refractivity contribution in [1.82, 2.24) is 5.32 Å². The Hall–Kier alpha value is -0.860. The highest BCUT2D eigenvalue weighted by atomic mass is 16.5. The molecule has 0 saturated carbocycles. The van der Waals surface area contributed by atoms with E-state index >= 15 is 0 Å². The highest BCUT2D eigenvalue weighted by Gasteiger charge is 2.28. The van der Waals surface area contributed by atoms with E-state index in [9.17, 15) is 0 Å². The molecule has 1 aliphatic heterocycles. The normalized spacial score (nSPS) is 23.2. The van der Waals surface area contributed by atoms with Gasteiger partial charge in [-0.05, 0) is 42.9 Å². The van der Waals surface area contributed by atoms with Gasteiger partial charge in [-0.1, -0.05) is 45.0 Å². The summed E-state index contributed by atoms with van der Waals surface area (Å²) in [5.41, 5.74) is 2.85. The van der Waals surface area contributed by atoms with E-state index in [1.54, 1.807) is 0 Å². The average molecular weight is 275 g/mol. The summed E-state index contributed by atoms with van der Waals surface area (Å²) in [6, 6.07) is 8.78. The zero-order chi connectivity index (χ0) is 14.4. The van der Waals surface area contributed by atoms with E-state index in [4.69, 9.17) is 4.74 Å². The molecule has 1 aromatic rings. The number of benzene rings is 1. The number of rotatable bonds is 6. The van der Waals surface area contributed by atoms with Crippen LogP contribution in [0.2, 0.25) is 0 Å². The summed E-state index contributed by atoms with van der Waals surface area (Å²) in [6.07, 6.45) is 3.83. The number of hydrogen-bond donors (Lipinski definition) is 1. The summed E-state index contributed by atoms with van der Waals surface area (Å²) < 4.78 is 6.14. The van der Waals surface area contributed by atoms with Gasteiger partial charge in [-0.2, -0.15) is 0 Å². The number of nitrogens with one attached hydrogen (secondary N) is 1. The van der Waals surface area contributed by atoms with Crippen LogP contribution in [0.1, 0.15) is 50.8 Å². The van der Waals surface area contributed by atoms with Gasteiger partial charge in [0.2, 0.25) is 0 Å². The molecule has 2 atom stereocenters. The maximum Gasteiger partial charge on any atom is 0.0867 e. The predicted molar refractivity (Wildman–Crippen MR) is 84.9 cm³/mol. The van der Waals surface area contributed by atoms with Gasteiger partial charge in [0.05, 0.1) is 6.10 Å². The van der Waals surface area contributed by atoms with Crippen molar-refractivity contribution in [1.29, 1.82) is 0 Å². The molecule has 1 N–H and O–H groups in total. The van der Waals surface area contributed by atoms with Gasteiger partial charge in [0.15, 0.2) is 0 Å². The van der Waals surface area contributed by atoms with Crippen LogP contribution in [-0.4, -0.2) is 19.7 Å². The van der Waals surface area contributed by atoms with Crippen molar-refractivity contribution in [3.8, 4) is 0 Å². The zero-order valence-electron chi connectivity index (χ0n) is 13.2. The third-order valence-electron chi connectivity index (χ3n) is 4.15. The molecule has 0 radical (unpaired) electrons. The van der Waals surface area contributed by atoms with Gasteiger partial charge >= 0.3 is 0 Å². The van der Waals surface area contributed by atoms with E-state index in [2.05, 4.69) is 50.4 Å². The molecule has 2 nitrogen and oxygen atoms in total. The average Bonchev–Trinajstić information content (AvgIpc) is 2.47. The number of hydrogen-bond acceptors (Lipinski definition) is 2. The van der Waals surface area contributed by atoms with Crippen molar-refractivity contribution >= 4 is 0 Å². The summed E-state index contributed by atoms with van der Waals surface area (Å²) in [6.45, 7) is 9.82. The van der Waals surface area contributed by atoms with Gasteiger partial charge in [0.25, 0.3) is 0 Å². The van der Waals surface area contributed by atoms with E-state index in [1.165, 1.54) is 24.0 Å². The second kappa shape index (κ2) is 7.80. The van der Waals surface area contributed by atoms with E-state index in [0.717, 1.165) is 26.1 Å². The van der Waals surface area contributed by atoms with Crippen LogP contribution in [0.5, 0.6) is 0 Å². The van der Waals surface area contributed by atoms with E-state index < -0.39 is 0 Å². The zero-order valence-corrected chi connectivity index (χ0v) is 13.2. The Morgan fingerprint density at radius 2 is 2.10 bits per heavy atom. The Morgan fingerprint density at radius 3 is 2.85 bits per heavy atom. The summed E-state index contributed by atoms with van der Waals surface area (Å²) in [4.78, 5) is 0. The Balaban J connectivity index is 2.06. The van der Waals surface area contributed by atoms with Crippen molar-refractivity contribution in [2.75, 3.05) is 19.7 Å². The molecule has 1 aromatic carbocycles. The fraction of sp³-hybridized carbons (Fsp3) is 0.667. The smallest absolute Gasteiger partial charge is 0.0867 e. The Morgan fingerprint density at radius 1 is 1.30 bits per heavy atom. The monoisotopic (exact) mass is 275 g/mol. The summed E-state index contributed by atoms with van der Waals surface area (Å²) in [5.74, 6) is 1.32. The Kier molecular flexibility index (Phi) is 6.06. The maximum absolute atomic E-state index is 6.14. The highest BCUT2D eigenvalue weighted by Crippen LogP contribution is 2.35. The van der Waals surface area contributed by atoms with Crippen molar-refractivity contribution in [2.24, 2.45) is 11.8 Å². The predicted octanol–water partition coefficient (Wildman–Crippen LogP) is 3.96. The molecule has 2 unspecified atom stereocenters. The molecule has 0 amide bonds. The first-order valence-electron chi connectivity index (χ1n) is 8.12. The summed E-state index contributed by atoms with van der Waals surface area (Å²) >= 11 is 0. The number of ether oxygens (including phenoxy) is 1. The van der Waals surface area contributed by atoms with Gasteiger partial charge in [-0.25, -0.2) is 0 Å². The molecule has 0 aliphatic carbocycles. The van der Waals surface area contributed by atoms with Crippen LogP contribution >= 0.6 is 0 Å². The molecule has 0 bridgehead atoms. The van der Waals surface area contributed by atoms with Gasteiger partial charge in [-0.15, -0.1) is 0 Å². The number of aryl methyl sites for hydroxylation is 1. The highest BCUT2D eigenvalue weighted by molar-refractivity contribution is 5.30. The lowest BCUT2D eigenvalue weighted by atomic mass is 9.86. The van der Waals surface area contributed by atoms with Gasteiger partial charge in [0, 0.05) is 19.1 Å². The fourth-order valence-electron chi connectivity index (χ4n) is 3.09. The SMILES string of the molecule is CCc1ccccc1C1OCCCC1CNCC(C)C. The molecule has 1 saturated heterocycles. The molecule has 2 heteroatoms. The lowest BCUT2D eigenvalue weighted by Crippen LogP contribution is -2.33. The lowest BCUT2D eigenvalue weighted by Gasteiger charge is -2.33. The van der Waals surface area contributed by atoms with Gasteiger partial charge in [0.1, 0.15) is 0 Å². The molecule has 1 aliphatic rings. The fourth-order valence-corrected chi connectivity index (χ4v) is 3.09. The third kappa shape index (κ3) is 4.07. The third-order valence-corrected chi connectivity index (χ3v) is 4.15. The summed E-state index contributed by atoms with van der Waals surface area (Å²) in [5, 5.41) is 3.61. The van der Waals surface area contributed by atoms with Gasteiger partial charge < -0.3 is 10.1 Å².